The van der Waals surface area contributed by atoms with Gasteiger partial charge in [-0.2, -0.15) is 0 Å². The first-order valence-electron chi connectivity index (χ1n) is 0. The van der Waals surface area contributed by atoms with Gasteiger partial charge in [0.1, 0.15) is 0 Å². The third kappa shape index (κ3) is 8.97. The van der Waals surface area contributed by atoms with E-state index in [9.17, 15) is 0 Å². The Hall–Kier alpha value is 2.05. The Labute approximate surface area is 68.2 Å². The zero-order valence-electron chi connectivity index (χ0n) is 2.19. The zero-order chi connectivity index (χ0) is 0. The van der Waals surface area contributed by atoms with Crippen molar-refractivity contribution in [2.75, 3.05) is 0 Å². The monoisotopic (exact) mass is 131 g/mol. The van der Waals surface area contributed by atoms with E-state index in [1.165, 1.54) is 0 Å². The van der Waals surface area contributed by atoms with Gasteiger partial charge in [0.2, 0.25) is 0 Å². The first-order valence-corrected chi connectivity index (χ1v) is 0. The summed E-state index contributed by atoms with van der Waals surface area (Å²) < 4.78 is 0. The van der Waals surface area contributed by atoms with Gasteiger partial charge in [-0.1, -0.05) is 0 Å². The van der Waals surface area contributed by atoms with E-state index < -0.39 is 0 Å². The summed E-state index contributed by atoms with van der Waals surface area (Å²) in [5.41, 5.74) is 0. The molecule has 0 nitrogen and oxygen atoms in total. The maximum Gasteiger partial charge on any atom is 0 e. The molecule has 0 aliphatic carbocycles. The second-order valence-electron chi connectivity index (χ2n) is 0. The second kappa shape index (κ2) is 19.7. The minimum absolute atomic E-state index is 0. The van der Waals surface area contributed by atoms with Gasteiger partial charge < -0.3 is 0 Å². The fourth-order valence-electron chi connectivity index (χ4n) is 0. The van der Waals surface area contributed by atoms with Crippen molar-refractivity contribution in [3.05, 3.63) is 0 Å². The van der Waals surface area contributed by atoms with E-state index in [0.717, 1.165) is 0 Å². The van der Waals surface area contributed by atoms with Gasteiger partial charge in [-0.25, -0.2) is 0 Å². The van der Waals surface area contributed by atoms with Crippen molar-refractivity contribution in [3.63, 3.8) is 0 Å². The Morgan fingerprint density at radius 1 is 1.00 bits per heavy atom. The Balaban J connectivity index is 0. The minimum Gasteiger partial charge on any atom is 0 e. The minimum atomic E-state index is 0. The van der Waals surface area contributed by atoms with Gasteiger partial charge in [-0.05, 0) is 0 Å². The largest absolute Gasteiger partial charge is 0 e. The molecule has 0 unspecified atom stereocenters. The van der Waals surface area contributed by atoms with Crippen LogP contribution in [0.3, 0.4) is 0 Å². The van der Waals surface area contributed by atoms with Crippen molar-refractivity contribution in [1.29, 1.82) is 0 Å². The van der Waals surface area contributed by atoms with E-state index in [1.54, 1.807) is 0 Å². The van der Waals surface area contributed by atoms with Crippen LogP contribution in [0.4, 0.5) is 0 Å². The van der Waals surface area contributed by atoms with Crippen LogP contribution in [-0.4, -0.2) is 51.4 Å². The molecule has 4 heteroatoms. The zero-order valence-corrected chi connectivity index (χ0v) is 7.04. The van der Waals surface area contributed by atoms with Crippen LogP contribution in [0, 0.1) is 0 Å². The molecule has 0 aromatic rings. The van der Waals surface area contributed by atoms with Crippen molar-refractivity contribution >= 4 is 51.4 Å². The molecule has 0 aliphatic heterocycles. The van der Waals surface area contributed by atoms with Gasteiger partial charge >= 0.3 is 0 Å². The average molecular weight is 131 g/mol. The summed E-state index contributed by atoms with van der Waals surface area (Å²) in [7, 11) is 0. The summed E-state index contributed by atoms with van der Waals surface area (Å²) in [6, 6.07) is 0. The van der Waals surface area contributed by atoms with Crippen LogP contribution in [0.2, 0.25) is 0 Å². The molecule has 0 fully saturated rings. The van der Waals surface area contributed by atoms with E-state index in [1.807, 2.05) is 0 Å². The van der Waals surface area contributed by atoms with E-state index in [0.29, 0.717) is 0 Å². The van der Waals surface area contributed by atoms with E-state index in [-0.39, 0.29) is 68.7 Å². The Morgan fingerprint density at radius 2 is 1.00 bits per heavy atom. The SMILES string of the molecule is [Al].[Cr].[Mg].[Si]. The molecular weight excluding hydrogens is 131 g/mol. The molecule has 0 aromatic carbocycles. The van der Waals surface area contributed by atoms with Crippen molar-refractivity contribution < 1.29 is 17.4 Å². The maximum absolute atomic E-state index is 0. The Kier molecular flexibility index (Phi) is 181. The molecule has 9 radical (unpaired) electrons. The van der Waals surface area contributed by atoms with Crippen molar-refractivity contribution in [2.45, 2.75) is 0 Å². The third-order valence-corrected chi connectivity index (χ3v) is 0. The van der Waals surface area contributed by atoms with Crippen LogP contribution in [-0.2, 0) is 17.4 Å². The fraction of sp³-hybridized carbons (Fsp3) is 0. The summed E-state index contributed by atoms with van der Waals surface area (Å²) in [6.07, 6.45) is 0. The normalized spacial score (nSPS) is 0. The molecule has 15 valence electrons. The topological polar surface area (TPSA) is 0 Å². The van der Waals surface area contributed by atoms with Crippen molar-refractivity contribution in [1.82, 2.24) is 0 Å². The van der Waals surface area contributed by atoms with Gasteiger partial charge in [0, 0.05) is 68.7 Å². The predicted octanol–water partition coefficient (Wildman–Crippen LogP) is -1.14. The van der Waals surface area contributed by atoms with E-state index in [2.05, 4.69) is 0 Å². The molecule has 0 spiro atoms. The van der Waals surface area contributed by atoms with E-state index >= 15 is 0 Å². The Morgan fingerprint density at radius 3 is 1.00 bits per heavy atom. The van der Waals surface area contributed by atoms with Crippen molar-refractivity contribution in [3.8, 4) is 0 Å². The summed E-state index contributed by atoms with van der Waals surface area (Å²) in [5, 5.41) is 0. The van der Waals surface area contributed by atoms with Crippen LogP contribution in [0.15, 0.2) is 0 Å². The third-order valence-electron chi connectivity index (χ3n) is 0. The van der Waals surface area contributed by atoms with Crippen molar-refractivity contribution in [2.24, 2.45) is 0 Å². The molecule has 0 bridgehead atoms. The predicted molar refractivity (Wildman–Crippen MR) is 17.3 cm³/mol. The summed E-state index contributed by atoms with van der Waals surface area (Å²) in [6.45, 7) is 0. The van der Waals surface area contributed by atoms with Crippen LogP contribution in [0.5, 0.6) is 0 Å². The van der Waals surface area contributed by atoms with E-state index in [4.69, 9.17) is 0 Å². The van der Waals surface area contributed by atoms with Gasteiger partial charge in [-0.3, -0.25) is 0 Å². The van der Waals surface area contributed by atoms with Crippen LogP contribution in [0.25, 0.3) is 0 Å². The summed E-state index contributed by atoms with van der Waals surface area (Å²) in [4.78, 5) is 0. The number of hydrogen-bond acceptors (Lipinski definition) is 0. The van der Waals surface area contributed by atoms with Crippen LogP contribution in [0.1, 0.15) is 0 Å². The first-order chi connectivity index (χ1) is 0. The van der Waals surface area contributed by atoms with Crippen LogP contribution < -0.4 is 0 Å². The average Bonchev–Trinajstić information content (AvgIpc) is 0. The quantitative estimate of drug-likeness (QED) is 0.365. The first kappa shape index (κ1) is 36.7. The molecule has 0 saturated carbocycles. The molecule has 0 atom stereocenters. The molecule has 0 aromatic heterocycles. The molecule has 0 aliphatic rings. The molecule has 4 heavy (non-hydrogen) atoms. The number of rotatable bonds is 0. The Bertz CT molecular complexity index is 8.00. The van der Waals surface area contributed by atoms with Gasteiger partial charge in [0.15, 0.2) is 0 Å². The maximum atomic E-state index is 0. The number of hydrogen-bond donors (Lipinski definition) is 0. The smallest absolute Gasteiger partial charge is 0 e. The van der Waals surface area contributed by atoms with Gasteiger partial charge in [0.05, 0.1) is 0 Å². The fourth-order valence-corrected chi connectivity index (χ4v) is 0. The van der Waals surface area contributed by atoms with Gasteiger partial charge in [0.25, 0.3) is 0 Å². The molecule has 0 heterocycles. The standard InChI is InChI=1S/Al.Cr.Mg.Si. The summed E-state index contributed by atoms with van der Waals surface area (Å²) in [5.74, 6) is 0. The van der Waals surface area contributed by atoms with Crippen LogP contribution >= 0.6 is 0 Å². The molecular formula is AlCrMgSi. The molecule has 0 saturated heterocycles. The molecule has 0 amide bonds. The second-order valence-corrected chi connectivity index (χ2v) is 0. The van der Waals surface area contributed by atoms with Gasteiger partial charge in [-0.15, -0.1) is 0 Å². The molecule has 0 rings (SSSR count). The summed E-state index contributed by atoms with van der Waals surface area (Å²) >= 11 is 0. The molecule has 0 N–H and O–H groups in total.